The number of phenolic OH excluding ortho intramolecular Hbond substituents is 1. The van der Waals surface area contributed by atoms with Gasteiger partial charge < -0.3 is 24.4 Å². The van der Waals surface area contributed by atoms with Gasteiger partial charge in [0.1, 0.15) is 18.8 Å². The minimum absolute atomic E-state index is 0.00409. The van der Waals surface area contributed by atoms with Gasteiger partial charge in [0.05, 0.1) is 7.11 Å². The summed E-state index contributed by atoms with van der Waals surface area (Å²) in [6.07, 6.45) is -1.70. The van der Waals surface area contributed by atoms with E-state index in [-0.39, 0.29) is 18.1 Å². The van der Waals surface area contributed by atoms with Gasteiger partial charge >= 0.3 is 5.97 Å². The molecule has 2 N–H and O–H groups in total. The zero-order valence-electron chi connectivity index (χ0n) is 11.1. The third-order valence-corrected chi connectivity index (χ3v) is 2.59. The lowest BCUT2D eigenvalue weighted by Gasteiger charge is -2.22. The Morgan fingerprint density at radius 2 is 2.05 bits per heavy atom. The van der Waals surface area contributed by atoms with Crippen molar-refractivity contribution in [3.05, 3.63) is 23.8 Å². The summed E-state index contributed by atoms with van der Waals surface area (Å²) in [4.78, 5) is 10.7. The van der Waals surface area contributed by atoms with Gasteiger partial charge in [0, 0.05) is 14.0 Å². The minimum Gasteiger partial charge on any atom is -0.504 e. The van der Waals surface area contributed by atoms with Crippen molar-refractivity contribution in [2.75, 3.05) is 20.8 Å². The summed E-state index contributed by atoms with van der Waals surface area (Å²) in [6, 6.07) is 4.60. The van der Waals surface area contributed by atoms with E-state index in [0.717, 1.165) is 0 Å². The topological polar surface area (TPSA) is 85.2 Å². The van der Waals surface area contributed by atoms with Crippen LogP contribution in [0.4, 0.5) is 0 Å². The lowest BCUT2D eigenvalue weighted by atomic mass is 10.0. The molecule has 1 rings (SSSR count). The SMILES string of the molecule is COc1cc(C(OC)C(O)COC(C)=O)ccc1O. The molecule has 0 bridgehead atoms. The van der Waals surface area contributed by atoms with Crippen molar-refractivity contribution in [3.8, 4) is 11.5 Å². The second-order valence-corrected chi connectivity index (χ2v) is 3.96. The second kappa shape index (κ2) is 6.96. The van der Waals surface area contributed by atoms with Crippen molar-refractivity contribution in [3.63, 3.8) is 0 Å². The van der Waals surface area contributed by atoms with Gasteiger partial charge in [-0.15, -0.1) is 0 Å². The van der Waals surface area contributed by atoms with Crippen molar-refractivity contribution in [2.24, 2.45) is 0 Å². The number of aliphatic hydroxyl groups excluding tert-OH is 1. The summed E-state index contributed by atoms with van der Waals surface area (Å²) in [5.74, 6) is -0.202. The summed E-state index contributed by atoms with van der Waals surface area (Å²) in [5, 5.41) is 19.4. The molecule has 0 aliphatic carbocycles. The first kappa shape index (κ1) is 15.3. The largest absolute Gasteiger partial charge is 0.504 e. The van der Waals surface area contributed by atoms with Crippen molar-refractivity contribution in [2.45, 2.75) is 19.1 Å². The predicted octanol–water partition coefficient (Wildman–Crippen LogP) is 1.01. The van der Waals surface area contributed by atoms with Gasteiger partial charge in [-0.1, -0.05) is 6.07 Å². The summed E-state index contributed by atoms with van der Waals surface area (Å²) in [5.41, 5.74) is 0.608. The van der Waals surface area contributed by atoms with E-state index in [2.05, 4.69) is 0 Å². The van der Waals surface area contributed by atoms with Gasteiger partial charge in [-0.25, -0.2) is 0 Å². The van der Waals surface area contributed by atoms with Crippen LogP contribution in [0.1, 0.15) is 18.6 Å². The molecule has 0 spiro atoms. The maximum atomic E-state index is 10.7. The zero-order valence-corrected chi connectivity index (χ0v) is 11.1. The number of hydrogen-bond acceptors (Lipinski definition) is 6. The highest BCUT2D eigenvalue weighted by Gasteiger charge is 2.23. The molecule has 0 saturated heterocycles. The van der Waals surface area contributed by atoms with Crippen LogP contribution in [0.2, 0.25) is 0 Å². The molecule has 0 radical (unpaired) electrons. The second-order valence-electron chi connectivity index (χ2n) is 3.96. The summed E-state index contributed by atoms with van der Waals surface area (Å²) in [7, 11) is 2.86. The fraction of sp³-hybridized carbons (Fsp3) is 0.462. The monoisotopic (exact) mass is 270 g/mol. The lowest BCUT2D eigenvalue weighted by Crippen LogP contribution is -2.26. The molecule has 6 heteroatoms. The Morgan fingerprint density at radius 1 is 1.37 bits per heavy atom. The van der Waals surface area contributed by atoms with Crippen LogP contribution >= 0.6 is 0 Å². The number of carbonyl (C=O) groups is 1. The lowest BCUT2D eigenvalue weighted by molar-refractivity contribution is -0.147. The van der Waals surface area contributed by atoms with Crippen LogP contribution in [-0.4, -0.2) is 43.1 Å². The Morgan fingerprint density at radius 3 is 2.58 bits per heavy atom. The highest BCUT2D eigenvalue weighted by Crippen LogP contribution is 2.31. The van der Waals surface area contributed by atoms with Gasteiger partial charge in [0.15, 0.2) is 11.5 Å². The molecule has 0 aliphatic heterocycles. The van der Waals surface area contributed by atoms with E-state index in [1.807, 2.05) is 0 Å². The minimum atomic E-state index is -1.01. The molecule has 0 saturated carbocycles. The van der Waals surface area contributed by atoms with Crippen LogP contribution in [-0.2, 0) is 14.3 Å². The standard InChI is InChI=1S/C13H18O6/c1-8(14)19-7-11(16)13(18-3)9-4-5-10(15)12(6-9)17-2/h4-6,11,13,15-16H,7H2,1-3H3. The number of aliphatic hydroxyl groups is 1. The van der Waals surface area contributed by atoms with Gasteiger partial charge in [0.2, 0.25) is 0 Å². The normalized spacial score (nSPS) is 13.7. The van der Waals surface area contributed by atoms with E-state index in [4.69, 9.17) is 14.2 Å². The average Bonchev–Trinajstić information content (AvgIpc) is 2.39. The molecule has 19 heavy (non-hydrogen) atoms. The third-order valence-electron chi connectivity index (χ3n) is 2.59. The molecule has 0 heterocycles. The summed E-state index contributed by atoms with van der Waals surface area (Å²) >= 11 is 0. The third kappa shape index (κ3) is 4.11. The quantitative estimate of drug-likeness (QED) is 0.750. The van der Waals surface area contributed by atoms with Gasteiger partial charge in [-0.2, -0.15) is 0 Å². The number of methoxy groups -OCH3 is 2. The van der Waals surface area contributed by atoms with Crippen molar-refractivity contribution >= 4 is 5.97 Å². The summed E-state index contributed by atoms with van der Waals surface area (Å²) < 4.78 is 14.9. The molecule has 2 atom stereocenters. The summed E-state index contributed by atoms with van der Waals surface area (Å²) in [6.45, 7) is 1.09. The van der Waals surface area contributed by atoms with Gasteiger partial charge in [-0.05, 0) is 17.7 Å². The molecule has 106 valence electrons. The molecule has 2 unspecified atom stereocenters. The van der Waals surface area contributed by atoms with E-state index in [1.165, 1.54) is 27.2 Å². The van der Waals surface area contributed by atoms with Crippen LogP contribution < -0.4 is 4.74 Å². The van der Waals surface area contributed by atoms with Crippen LogP contribution in [0.25, 0.3) is 0 Å². The molecule has 0 fully saturated rings. The van der Waals surface area contributed by atoms with E-state index < -0.39 is 18.2 Å². The highest BCUT2D eigenvalue weighted by molar-refractivity contribution is 5.65. The van der Waals surface area contributed by atoms with E-state index >= 15 is 0 Å². The number of carbonyl (C=O) groups excluding carboxylic acids is 1. The Balaban J connectivity index is 2.86. The number of esters is 1. The first-order valence-electron chi connectivity index (χ1n) is 5.70. The van der Waals surface area contributed by atoms with E-state index in [0.29, 0.717) is 5.56 Å². The Kier molecular flexibility index (Phi) is 5.59. The number of phenols is 1. The maximum absolute atomic E-state index is 10.7. The number of aromatic hydroxyl groups is 1. The number of ether oxygens (including phenoxy) is 3. The maximum Gasteiger partial charge on any atom is 0.302 e. The fourth-order valence-corrected chi connectivity index (χ4v) is 1.68. The van der Waals surface area contributed by atoms with Crippen LogP contribution in [0.15, 0.2) is 18.2 Å². The molecule has 6 nitrogen and oxygen atoms in total. The number of hydrogen-bond donors (Lipinski definition) is 2. The Bertz CT molecular complexity index is 431. The smallest absolute Gasteiger partial charge is 0.302 e. The molecular weight excluding hydrogens is 252 g/mol. The Labute approximate surface area is 111 Å². The first-order valence-corrected chi connectivity index (χ1v) is 5.70. The zero-order chi connectivity index (χ0) is 14.4. The molecule has 0 aliphatic rings. The molecular formula is C13H18O6. The van der Waals surface area contributed by atoms with Crippen LogP contribution in [0.3, 0.4) is 0 Å². The van der Waals surface area contributed by atoms with Gasteiger partial charge in [0.25, 0.3) is 0 Å². The fourth-order valence-electron chi connectivity index (χ4n) is 1.68. The van der Waals surface area contributed by atoms with Crippen molar-refractivity contribution in [1.29, 1.82) is 0 Å². The molecule has 1 aromatic carbocycles. The first-order chi connectivity index (χ1) is 8.99. The molecule has 1 aromatic rings. The van der Waals surface area contributed by atoms with Crippen molar-refractivity contribution in [1.82, 2.24) is 0 Å². The van der Waals surface area contributed by atoms with E-state index in [1.54, 1.807) is 12.1 Å². The van der Waals surface area contributed by atoms with Crippen LogP contribution in [0, 0.1) is 0 Å². The Hall–Kier alpha value is -1.79. The van der Waals surface area contributed by atoms with Gasteiger partial charge in [-0.3, -0.25) is 4.79 Å². The number of rotatable bonds is 6. The number of benzene rings is 1. The molecule has 0 aromatic heterocycles. The van der Waals surface area contributed by atoms with Crippen molar-refractivity contribution < 1.29 is 29.2 Å². The molecule has 0 amide bonds. The van der Waals surface area contributed by atoms with E-state index in [9.17, 15) is 15.0 Å². The predicted molar refractivity (Wildman–Crippen MR) is 67.0 cm³/mol. The van der Waals surface area contributed by atoms with Crippen LogP contribution in [0.5, 0.6) is 11.5 Å². The highest BCUT2D eigenvalue weighted by atomic mass is 16.5. The average molecular weight is 270 g/mol.